The molecule has 0 unspecified atom stereocenters. The fraction of sp³-hybridized carbons (Fsp3) is 0.0400. The van der Waals surface area contributed by atoms with Crippen molar-refractivity contribution in [3.63, 3.8) is 0 Å². The van der Waals surface area contributed by atoms with Crippen molar-refractivity contribution in [1.29, 1.82) is 0 Å². The molecule has 4 nitrogen and oxygen atoms in total. The third-order valence-corrected chi connectivity index (χ3v) is 4.91. The summed E-state index contributed by atoms with van der Waals surface area (Å²) in [6, 6.07) is 28.4. The van der Waals surface area contributed by atoms with Crippen LogP contribution < -0.4 is 10.1 Å². The second-order valence-electron chi connectivity index (χ2n) is 6.63. The van der Waals surface area contributed by atoms with Crippen molar-refractivity contribution >= 4 is 23.2 Å². The van der Waals surface area contributed by atoms with Gasteiger partial charge in [0.05, 0.1) is 12.8 Å². The van der Waals surface area contributed by atoms with Crippen molar-refractivity contribution < 1.29 is 9.53 Å². The molecule has 0 spiro atoms. The summed E-state index contributed by atoms with van der Waals surface area (Å²) in [5.74, 6) is -0.0292. The average Bonchev–Trinajstić information content (AvgIpc) is 2.80. The highest BCUT2D eigenvalue weighted by Gasteiger charge is 2.20. The van der Waals surface area contributed by atoms with Gasteiger partial charge in [0.1, 0.15) is 5.56 Å². The Hall–Kier alpha value is -3.63. The molecule has 148 valence electrons. The number of pyridine rings is 1. The molecule has 0 bridgehead atoms. The monoisotopic (exact) mass is 414 g/mol. The van der Waals surface area contributed by atoms with Crippen LogP contribution in [0.2, 0.25) is 5.02 Å². The summed E-state index contributed by atoms with van der Waals surface area (Å²) < 4.78 is 5.48. The van der Waals surface area contributed by atoms with Gasteiger partial charge < -0.3 is 10.1 Å². The van der Waals surface area contributed by atoms with E-state index in [2.05, 4.69) is 5.32 Å². The number of hydrogen-bond donors (Lipinski definition) is 1. The van der Waals surface area contributed by atoms with Crippen LogP contribution in [0.25, 0.3) is 22.4 Å². The molecule has 1 aromatic heterocycles. The fourth-order valence-electron chi connectivity index (χ4n) is 3.20. The average molecular weight is 415 g/mol. The van der Waals surface area contributed by atoms with Gasteiger partial charge in [-0.2, -0.15) is 0 Å². The predicted octanol–water partition coefficient (Wildman–Crippen LogP) is 6.33. The number of benzene rings is 3. The first-order chi connectivity index (χ1) is 14.7. The van der Waals surface area contributed by atoms with E-state index in [9.17, 15) is 4.79 Å². The summed E-state index contributed by atoms with van der Waals surface area (Å²) in [7, 11) is 1.51. The summed E-state index contributed by atoms with van der Waals surface area (Å²) >= 11 is 6.06. The second-order valence-corrected chi connectivity index (χ2v) is 7.07. The Balaban J connectivity index is 1.85. The van der Waals surface area contributed by atoms with Crippen molar-refractivity contribution in [2.45, 2.75) is 0 Å². The number of amides is 1. The number of carbonyl (C=O) groups is 1. The van der Waals surface area contributed by atoms with Gasteiger partial charge in [-0.15, -0.1) is 0 Å². The molecule has 4 rings (SSSR count). The lowest BCUT2D eigenvalue weighted by atomic mass is 9.97. The molecular formula is C25H19ClN2O2. The number of methoxy groups -OCH3 is 1. The zero-order valence-electron chi connectivity index (χ0n) is 16.3. The lowest BCUT2D eigenvalue weighted by Gasteiger charge is -2.15. The molecule has 4 aromatic rings. The first-order valence-electron chi connectivity index (χ1n) is 9.42. The molecule has 0 aliphatic rings. The molecule has 1 heterocycles. The van der Waals surface area contributed by atoms with Crippen LogP contribution in [-0.4, -0.2) is 18.0 Å². The van der Waals surface area contributed by atoms with Crippen LogP contribution >= 0.6 is 11.6 Å². The van der Waals surface area contributed by atoms with Gasteiger partial charge in [-0.25, -0.2) is 4.98 Å². The summed E-state index contributed by atoms with van der Waals surface area (Å²) in [6.07, 6.45) is 0. The Morgan fingerprint density at radius 2 is 1.50 bits per heavy atom. The minimum absolute atomic E-state index is 0.257. The normalized spacial score (nSPS) is 10.5. The summed E-state index contributed by atoms with van der Waals surface area (Å²) in [5.41, 5.74) is 4.44. The number of nitrogens with one attached hydrogen (secondary N) is 1. The summed E-state index contributed by atoms with van der Waals surface area (Å²) in [5, 5.41) is 3.55. The largest absolute Gasteiger partial charge is 0.480 e. The molecule has 1 amide bonds. The molecule has 0 saturated carbocycles. The van der Waals surface area contributed by atoms with Crippen LogP contribution in [0.15, 0.2) is 91.0 Å². The maximum absolute atomic E-state index is 13.0. The molecule has 0 saturated heterocycles. The number of rotatable bonds is 5. The van der Waals surface area contributed by atoms with Crippen LogP contribution in [0.5, 0.6) is 5.88 Å². The topological polar surface area (TPSA) is 51.2 Å². The Bertz CT molecular complexity index is 1160. The minimum Gasteiger partial charge on any atom is -0.480 e. The standard InChI is InChI=1S/C25H19ClN2O2/c1-30-25-22(24(29)27-20-10-6-3-7-11-20)16-21(17-8-4-2-5-9-17)23(28-25)18-12-14-19(26)15-13-18/h2-16H,1H3,(H,27,29). The highest BCUT2D eigenvalue weighted by Crippen LogP contribution is 2.35. The van der Waals surface area contributed by atoms with Gasteiger partial charge in [0.2, 0.25) is 5.88 Å². The van der Waals surface area contributed by atoms with E-state index in [1.165, 1.54) is 7.11 Å². The van der Waals surface area contributed by atoms with Gasteiger partial charge in [0.25, 0.3) is 5.91 Å². The Labute approximate surface area is 180 Å². The van der Waals surface area contributed by atoms with E-state index in [1.54, 1.807) is 0 Å². The molecule has 3 aromatic carbocycles. The summed E-state index contributed by atoms with van der Waals surface area (Å²) in [4.78, 5) is 17.7. The van der Waals surface area contributed by atoms with Crippen molar-refractivity contribution in [1.82, 2.24) is 4.98 Å². The smallest absolute Gasteiger partial charge is 0.261 e. The maximum Gasteiger partial charge on any atom is 0.261 e. The highest BCUT2D eigenvalue weighted by molar-refractivity contribution is 6.30. The van der Waals surface area contributed by atoms with Crippen LogP contribution in [-0.2, 0) is 0 Å². The van der Waals surface area contributed by atoms with Gasteiger partial charge in [-0.1, -0.05) is 72.3 Å². The lowest BCUT2D eigenvalue weighted by Crippen LogP contribution is -2.14. The van der Waals surface area contributed by atoms with Gasteiger partial charge in [0, 0.05) is 21.8 Å². The van der Waals surface area contributed by atoms with E-state index in [-0.39, 0.29) is 11.8 Å². The Morgan fingerprint density at radius 1 is 0.867 bits per heavy atom. The van der Waals surface area contributed by atoms with Crippen LogP contribution in [0, 0.1) is 0 Å². The first-order valence-corrected chi connectivity index (χ1v) is 9.80. The van der Waals surface area contributed by atoms with Crippen LogP contribution in [0.3, 0.4) is 0 Å². The number of anilines is 1. The number of nitrogens with zero attached hydrogens (tertiary/aromatic N) is 1. The molecule has 0 aliphatic heterocycles. The molecule has 5 heteroatoms. The zero-order chi connectivity index (χ0) is 20.9. The first kappa shape index (κ1) is 19.7. The second kappa shape index (κ2) is 8.80. The molecular weight excluding hydrogens is 396 g/mol. The van der Waals surface area contributed by atoms with Crippen LogP contribution in [0.1, 0.15) is 10.4 Å². The van der Waals surface area contributed by atoms with E-state index in [0.717, 1.165) is 16.7 Å². The van der Waals surface area contributed by atoms with E-state index in [4.69, 9.17) is 21.3 Å². The van der Waals surface area contributed by atoms with Crippen molar-refractivity contribution in [2.24, 2.45) is 0 Å². The fourth-order valence-corrected chi connectivity index (χ4v) is 3.33. The third kappa shape index (κ3) is 4.19. The van der Waals surface area contributed by atoms with E-state index in [1.807, 2.05) is 91.0 Å². The SMILES string of the molecule is COc1nc(-c2ccc(Cl)cc2)c(-c2ccccc2)cc1C(=O)Nc1ccccc1. The van der Waals surface area contributed by atoms with Gasteiger partial charge in [-0.05, 0) is 35.9 Å². The molecule has 1 N–H and O–H groups in total. The van der Waals surface area contributed by atoms with Gasteiger partial charge >= 0.3 is 0 Å². The van der Waals surface area contributed by atoms with Crippen LogP contribution in [0.4, 0.5) is 5.69 Å². The Kier molecular flexibility index (Phi) is 5.77. The number of aromatic nitrogens is 1. The minimum atomic E-state index is -0.287. The zero-order valence-corrected chi connectivity index (χ0v) is 17.1. The molecule has 0 aliphatic carbocycles. The Morgan fingerprint density at radius 3 is 2.13 bits per heavy atom. The van der Waals surface area contributed by atoms with Crippen molar-refractivity contribution in [3.8, 4) is 28.3 Å². The van der Waals surface area contributed by atoms with E-state index < -0.39 is 0 Å². The lowest BCUT2D eigenvalue weighted by molar-refractivity contribution is 0.102. The highest BCUT2D eigenvalue weighted by atomic mass is 35.5. The molecule has 0 fully saturated rings. The number of halogens is 1. The summed E-state index contributed by atoms with van der Waals surface area (Å²) in [6.45, 7) is 0. The maximum atomic E-state index is 13.0. The third-order valence-electron chi connectivity index (χ3n) is 4.66. The van der Waals surface area contributed by atoms with E-state index >= 15 is 0 Å². The number of hydrogen-bond acceptors (Lipinski definition) is 3. The number of carbonyl (C=O) groups excluding carboxylic acids is 1. The van der Waals surface area contributed by atoms with Gasteiger partial charge in [0.15, 0.2) is 0 Å². The van der Waals surface area contributed by atoms with Crippen molar-refractivity contribution in [2.75, 3.05) is 12.4 Å². The quantitative estimate of drug-likeness (QED) is 0.415. The number of ether oxygens (including phenoxy) is 1. The predicted molar refractivity (Wildman–Crippen MR) is 121 cm³/mol. The van der Waals surface area contributed by atoms with Gasteiger partial charge in [-0.3, -0.25) is 4.79 Å². The molecule has 0 atom stereocenters. The molecule has 30 heavy (non-hydrogen) atoms. The number of para-hydroxylation sites is 1. The molecule has 0 radical (unpaired) electrons. The van der Waals surface area contributed by atoms with Crippen molar-refractivity contribution in [3.05, 3.63) is 102 Å². The van der Waals surface area contributed by atoms with E-state index in [0.29, 0.717) is 22.0 Å².